The normalized spacial score (nSPS) is 14.3. The van der Waals surface area contributed by atoms with E-state index in [4.69, 9.17) is 23.6 Å². The molecule has 10 heteroatoms. The zero-order valence-corrected chi connectivity index (χ0v) is 37.7. The molecular weight excluding hydrogens is 739 g/mol. The summed E-state index contributed by atoms with van der Waals surface area (Å²) in [4.78, 5) is 22.6. The minimum Gasteiger partial charge on any atom is -0.457 e. The molecular formula is C47H89O9P. The summed E-state index contributed by atoms with van der Waals surface area (Å²) in [6.45, 7) is 3.52. The first-order valence-corrected chi connectivity index (χ1v) is 25.0. The summed E-state index contributed by atoms with van der Waals surface area (Å²) in [7, 11) is -4.52. The first kappa shape index (κ1) is 55.7. The van der Waals surface area contributed by atoms with Gasteiger partial charge in [0.1, 0.15) is 12.2 Å². The van der Waals surface area contributed by atoms with Crippen molar-refractivity contribution in [1.29, 1.82) is 0 Å². The van der Waals surface area contributed by atoms with Gasteiger partial charge in [-0.05, 0) is 51.4 Å². The van der Waals surface area contributed by atoms with Gasteiger partial charge in [0, 0.05) is 13.0 Å². The Kier molecular flexibility index (Phi) is 43.2. The Morgan fingerprint density at radius 3 is 1.42 bits per heavy atom. The molecule has 0 amide bonds. The fourth-order valence-electron chi connectivity index (χ4n) is 6.48. The molecule has 336 valence electrons. The molecule has 0 rings (SSSR count). The SMILES string of the molecule is CCCCCCC/C=C\C/C=C\C/C=C\CCCCCCCCC(=O)OC(COCCCCCCCCCCCCCCCCC)COP(=O)(O)OCC(O)CO. The molecule has 9 nitrogen and oxygen atoms in total. The monoisotopic (exact) mass is 829 g/mol. The smallest absolute Gasteiger partial charge is 0.457 e. The third-order valence-electron chi connectivity index (χ3n) is 10.1. The second kappa shape index (κ2) is 44.2. The van der Waals surface area contributed by atoms with Gasteiger partial charge in [-0.25, -0.2) is 4.57 Å². The molecule has 0 saturated heterocycles. The summed E-state index contributed by atoms with van der Waals surface area (Å²) in [6, 6.07) is 0. The topological polar surface area (TPSA) is 132 Å². The molecule has 3 N–H and O–H groups in total. The molecule has 3 atom stereocenters. The van der Waals surface area contributed by atoms with E-state index < -0.39 is 39.2 Å². The van der Waals surface area contributed by atoms with Gasteiger partial charge in [0.2, 0.25) is 0 Å². The highest BCUT2D eigenvalue weighted by molar-refractivity contribution is 7.47. The number of hydrogen-bond acceptors (Lipinski definition) is 8. The standard InChI is InChI=1S/C47H89O9P/c1-3-5-7-9-11-13-15-17-19-20-21-22-23-24-25-27-29-31-33-35-37-39-47(50)56-46(44-55-57(51,52)54-42-45(49)41-48)43-53-40-38-36-34-32-30-28-26-18-16-14-12-10-8-6-4-2/h15,17,20-21,23-24,45-46,48-49H,3-14,16,18-19,22,25-44H2,1-2H3,(H,51,52)/b17-15-,21-20-,24-23-. The Morgan fingerprint density at radius 1 is 0.544 bits per heavy atom. The van der Waals surface area contributed by atoms with Crippen molar-refractivity contribution in [3.05, 3.63) is 36.5 Å². The first-order chi connectivity index (χ1) is 27.8. The van der Waals surface area contributed by atoms with Crippen LogP contribution in [0, 0.1) is 0 Å². The van der Waals surface area contributed by atoms with Crippen LogP contribution >= 0.6 is 7.82 Å². The van der Waals surface area contributed by atoms with E-state index in [-0.39, 0.29) is 19.6 Å². The summed E-state index contributed by atoms with van der Waals surface area (Å²) in [5.41, 5.74) is 0. The molecule has 0 aromatic rings. The van der Waals surface area contributed by atoms with Crippen LogP contribution in [0.4, 0.5) is 0 Å². The third kappa shape index (κ3) is 44.1. The van der Waals surface area contributed by atoms with Crippen LogP contribution < -0.4 is 0 Å². The summed E-state index contributed by atoms with van der Waals surface area (Å²) in [5.74, 6) is -0.392. The molecule has 57 heavy (non-hydrogen) atoms. The van der Waals surface area contributed by atoms with Crippen LogP contribution in [-0.4, -0.2) is 66.3 Å². The van der Waals surface area contributed by atoms with Gasteiger partial charge in [0.05, 0.1) is 26.4 Å². The van der Waals surface area contributed by atoms with Gasteiger partial charge < -0.3 is 24.6 Å². The van der Waals surface area contributed by atoms with Crippen LogP contribution in [0.1, 0.15) is 213 Å². The van der Waals surface area contributed by atoms with E-state index in [2.05, 4.69) is 50.3 Å². The number of ether oxygens (including phenoxy) is 2. The van der Waals surface area contributed by atoms with Crippen molar-refractivity contribution in [2.45, 2.75) is 225 Å². The lowest BCUT2D eigenvalue weighted by atomic mass is 10.0. The van der Waals surface area contributed by atoms with Crippen LogP contribution in [0.3, 0.4) is 0 Å². The predicted molar refractivity (Wildman–Crippen MR) is 237 cm³/mol. The number of aliphatic hydroxyl groups excluding tert-OH is 2. The molecule has 0 aromatic carbocycles. The van der Waals surface area contributed by atoms with Crippen molar-refractivity contribution >= 4 is 13.8 Å². The van der Waals surface area contributed by atoms with Gasteiger partial charge >= 0.3 is 13.8 Å². The number of carbonyl (C=O) groups excluding carboxylic acids is 1. The number of phosphoric acid groups is 1. The van der Waals surface area contributed by atoms with Crippen molar-refractivity contribution < 1.29 is 43.0 Å². The highest BCUT2D eigenvalue weighted by atomic mass is 31.2. The molecule has 0 spiro atoms. The summed E-state index contributed by atoms with van der Waals surface area (Å²) < 4.78 is 33.4. The van der Waals surface area contributed by atoms with E-state index in [1.165, 1.54) is 135 Å². The maximum absolute atomic E-state index is 12.6. The van der Waals surface area contributed by atoms with E-state index in [1.807, 2.05) is 0 Å². The Balaban J connectivity index is 4.14. The highest BCUT2D eigenvalue weighted by Crippen LogP contribution is 2.43. The number of unbranched alkanes of at least 4 members (excludes halogenated alkanes) is 25. The van der Waals surface area contributed by atoms with Crippen molar-refractivity contribution in [1.82, 2.24) is 0 Å². The minimum atomic E-state index is -4.52. The van der Waals surface area contributed by atoms with Gasteiger partial charge in [-0.1, -0.05) is 192 Å². The van der Waals surface area contributed by atoms with Crippen molar-refractivity contribution in [3.63, 3.8) is 0 Å². The second-order valence-corrected chi connectivity index (χ2v) is 17.2. The Hall–Kier alpha value is -1.32. The molecule has 3 unspecified atom stereocenters. The van der Waals surface area contributed by atoms with Gasteiger partial charge in [0.25, 0.3) is 0 Å². The van der Waals surface area contributed by atoms with Crippen molar-refractivity contribution in [2.24, 2.45) is 0 Å². The number of rotatable bonds is 45. The van der Waals surface area contributed by atoms with Crippen LogP contribution in [0.2, 0.25) is 0 Å². The van der Waals surface area contributed by atoms with E-state index in [0.29, 0.717) is 13.0 Å². The number of hydrogen-bond donors (Lipinski definition) is 3. The second-order valence-electron chi connectivity index (χ2n) is 15.8. The molecule has 0 aliphatic carbocycles. The molecule has 0 radical (unpaired) electrons. The Morgan fingerprint density at radius 2 is 0.947 bits per heavy atom. The number of aliphatic hydroxyl groups is 2. The van der Waals surface area contributed by atoms with Crippen molar-refractivity contribution in [3.8, 4) is 0 Å². The summed E-state index contributed by atoms with van der Waals surface area (Å²) in [6.07, 6.45) is 48.1. The largest absolute Gasteiger partial charge is 0.472 e. The maximum atomic E-state index is 12.6. The summed E-state index contributed by atoms with van der Waals surface area (Å²) in [5, 5.41) is 18.4. The maximum Gasteiger partial charge on any atom is 0.472 e. The molecule has 0 aromatic heterocycles. The zero-order chi connectivity index (χ0) is 41.8. The average Bonchev–Trinajstić information content (AvgIpc) is 3.20. The van der Waals surface area contributed by atoms with Crippen LogP contribution in [-0.2, 0) is 27.9 Å². The fourth-order valence-corrected chi connectivity index (χ4v) is 7.27. The van der Waals surface area contributed by atoms with E-state index >= 15 is 0 Å². The molecule has 0 aliphatic heterocycles. The third-order valence-corrected chi connectivity index (χ3v) is 11.0. The first-order valence-electron chi connectivity index (χ1n) is 23.5. The molecule has 0 bridgehead atoms. The lowest BCUT2D eigenvalue weighted by Crippen LogP contribution is -2.29. The number of carbonyl (C=O) groups is 1. The van der Waals surface area contributed by atoms with Gasteiger partial charge in [-0.15, -0.1) is 0 Å². The number of allylic oxidation sites excluding steroid dienone is 6. The van der Waals surface area contributed by atoms with E-state index in [9.17, 15) is 19.4 Å². The Bertz CT molecular complexity index is 986. The van der Waals surface area contributed by atoms with E-state index in [1.54, 1.807) is 0 Å². The zero-order valence-electron chi connectivity index (χ0n) is 36.8. The lowest BCUT2D eigenvalue weighted by Gasteiger charge is -2.20. The van der Waals surface area contributed by atoms with E-state index in [0.717, 1.165) is 51.4 Å². The van der Waals surface area contributed by atoms with Crippen molar-refractivity contribution in [2.75, 3.05) is 33.0 Å². The highest BCUT2D eigenvalue weighted by Gasteiger charge is 2.26. The van der Waals surface area contributed by atoms with Gasteiger partial charge in [-0.2, -0.15) is 0 Å². The van der Waals surface area contributed by atoms with Gasteiger partial charge in [-0.3, -0.25) is 13.8 Å². The molecule has 0 aliphatic rings. The summed E-state index contributed by atoms with van der Waals surface area (Å²) >= 11 is 0. The number of phosphoric ester groups is 1. The Labute approximate surface area is 350 Å². The van der Waals surface area contributed by atoms with Crippen LogP contribution in [0.25, 0.3) is 0 Å². The molecule has 0 fully saturated rings. The fraction of sp³-hybridized carbons (Fsp3) is 0.851. The molecule has 0 saturated carbocycles. The quantitative estimate of drug-likeness (QED) is 0.0237. The van der Waals surface area contributed by atoms with Crippen LogP contribution in [0.15, 0.2) is 36.5 Å². The molecule has 0 heterocycles. The van der Waals surface area contributed by atoms with Gasteiger partial charge in [0.15, 0.2) is 0 Å². The minimum absolute atomic E-state index is 0.0466. The predicted octanol–water partition coefficient (Wildman–Crippen LogP) is 13.2. The average molecular weight is 829 g/mol. The van der Waals surface area contributed by atoms with Crippen LogP contribution in [0.5, 0.6) is 0 Å². The lowest BCUT2D eigenvalue weighted by molar-refractivity contribution is -0.154. The number of esters is 1.